The minimum atomic E-state index is 0.547. The molecule has 2 fully saturated rings. The topological polar surface area (TPSA) is 33.3 Å². The lowest BCUT2D eigenvalue weighted by Gasteiger charge is -2.11. The van der Waals surface area contributed by atoms with E-state index in [0.717, 1.165) is 19.1 Å². The van der Waals surface area contributed by atoms with Crippen LogP contribution < -0.4 is 10.6 Å². The van der Waals surface area contributed by atoms with Gasteiger partial charge in [0.05, 0.1) is 6.10 Å². The third-order valence-electron chi connectivity index (χ3n) is 3.56. The molecule has 2 aliphatic heterocycles. The maximum Gasteiger partial charge on any atom is 0.0588 e. The molecule has 3 heteroatoms. The monoisotopic (exact) mass is 212 g/mol. The molecule has 2 saturated heterocycles. The van der Waals surface area contributed by atoms with Crippen molar-refractivity contribution in [2.75, 3.05) is 32.8 Å². The molecule has 0 spiro atoms. The van der Waals surface area contributed by atoms with Crippen molar-refractivity contribution < 1.29 is 4.74 Å². The smallest absolute Gasteiger partial charge is 0.0588 e. The summed E-state index contributed by atoms with van der Waals surface area (Å²) in [5, 5.41) is 6.94. The van der Waals surface area contributed by atoms with Crippen LogP contribution in [-0.2, 0) is 4.74 Å². The van der Waals surface area contributed by atoms with Crippen molar-refractivity contribution in [3.8, 4) is 0 Å². The van der Waals surface area contributed by atoms with Crippen LogP contribution in [0.4, 0.5) is 0 Å². The molecule has 3 nitrogen and oxygen atoms in total. The van der Waals surface area contributed by atoms with Crippen LogP contribution in [0.15, 0.2) is 0 Å². The van der Waals surface area contributed by atoms with Gasteiger partial charge in [0.15, 0.2) is 0 Å². The quantitative estimate of drug-likeness (QED) is 0.648. The molecule has 0 bridgehead atoms. The van der Waals surface area contributed by atoms with Crippen molar-refractivity contribution in [1.82, 2.24) is 10.6 Å². The SMILES string of the molecule is C1COC(CCNCCC2CCNC2)C1. The van der Waals surface area contributed by atoms with Crippen molar-refractivity contribution in [1.29, 1.82) is 0 Å². The van der Waals surface area contributed by atoms with Crippen molar-refractivity contribution in [3.63, 3.8) is 0 Å². The van der Waals surface area contributed by atoms with Gasteiger partial charge in [-0.1, -0.05) is 0 Å². The van der Waals surface area contributed by atoms with Crippen LogP contribution >= 0.6 is 0 Å². The number of nitrogens with one attached hydrogen (secondary N) is 2. The van der Waals surface area contributed by atoms with E-state index in [9.17, 15) is 0 Å². The Kier molecular flexibility index (Phi) is 4.90. The maximum atomic E-state index is 5.58. The minimum absolute atomic E-state index is 0.547. The Morgan fingerprint density at radius 2 is 2.13 bits per heavy atom. The summed E-state index contributed by atoms with van der Waals surface area (Å²) in [7, 11) is 0. The molecule has 2 N–H and O–H groups in total. The second-order valence-electron chi connectivity index (χ2n) is 4.82. The summed E-state index contributed by atoms with van der Waals surface area (Å²) in [5.41, 5.74) is 0. The second-order valence-corrected chi connectivity index (χ2v) is 4.82. The van der Waals surface area contributed by atoms with E-state index in [1.54, 1.807) is 0 Å². The van der Waals surface area contributed by atoms with Gasteiger partial charge in [-0.2, -0.15) is 0 Å². The van der Waals surface area contributed by atoms with E-state index in [1.165, 1.54) is 51.7 Å². The molecule has 0 aromatic carbocycles. The molecule has 2 rings (SSSR count). The highest BCUT2D eigenvalue weighted by Gasteiger charge is 2.15. The largest absolute Gasteiger partial charge is 0.378 e. The summed E-state index contributed by atoms with van der Waals surface area (Å²) in [4.78, 5) is 0. The van der Waals surface area contributed by atoms with Crippen LogP contribution in [0.3, 0.4) is 0 Å². The van der Waals surface area contributed by atoms with Gasteiger partial charge < -0.3 is 15.4 Å². The molecule has 0 radical (unpaired) electrons. The molecule has 0 amide bonds. The second kappa shape index (κ2) is 6.46. The van der Waals surface area contributed by atoms with Crippen LogP contribution in [0.5, 0.6) is 0 Å². The zero-order valence-electron chi connectivity index (χ0n) is 9.63. The molecule has 0 aromatic rings. The van der Waals surface area contributed by atoms with Gasteiger partial charge in [-0.25, -0.2) is 0 Å². The third kappa shape index (κ3) is 4.09. The molecule has 15 heavy (non-hydrogen) atoms. The fourth-order valence-corrected chi connectivity index (χ4v) is 2.53. The fraction of sp³-hybridized carbons (Fsp3) is 1.00. The number of ether oxygens (including phenoxy) is 1. The lowest BCUT2D eigenvalue weighted by molar-refractivity contribution is 0.104. The van der Waals surface area contributed by atoms with Gasteiger partial charge in [0.1, 0.15) is 0 Å². The van der Waals surface area contributed by atoms with E-state index in [-0.39, 0.29) is 0 Å². The average molecular weight is 212 g/mol. The van der Waals surface area contributed by atoms with E-state index in [0.29, 0.717) is 6.10 Å². The van der Waals surface area contributed by atoms with Crippen molar-refractivity contribution >= 4 is 0 Å². The lowest BCUT2D eigenvalue weighted by atomic mass is 10.1. The molecule has 0 aliphatic carbocycles. The Morgan fingerprint density at radius 3 is 2.87 bits per heavy atom. The maximum absolute atomic E-state index is 5.58. The van der Waals surface area contributed by atoms with Gasteiger partial charge in [-0.15, -0.1) is 0 Å². The molecule has 0 saturated carbocycles. The Morgan fingerprint density at radius 1 is 1.20 bits per heavy atom. The molecule has 2 unspecified atom stereocenters. The normalized spacial score (nSPS) is 31.2. The molecule has 2 atom stereocenters. The van der Waals surface area contributed by atoms with Crippen molar-refractivity contribution in [3.05, 3.63) is 0 Å². The van der Waals surface area contributed by atoms with Crippen LogP contribution in [0.25, 0.3) is 0 Å². The van der Waals surface area contributed by atoms with Gasteiger partial charge in [-0.3, -0.25) is 0 Å². The average Bonchev–Trinajstić information content (AvgIpc) is 2.88. The van der Waals surface area contributed by atoms with Crippen LogP contribution in [-0.4, -0.2) is 38.9 Å². The fourth-order valence-electron chi connectivity index (χ4n) is 2.53. The lowest BCUT2D eigenvalue weighted by Crippen LogP contribution is -2.23. The summed E-state index contributed by atoms with van der Waals surface area (Å²) < 4.78 is 5.58. The summed E-state index contributed by atoms with van der Waals surface area (Å²) in [6, 6.07) is 0. The third-order valence-corrected chi connectivity index (χ3v) is 3.56. The first-order valence-corrected chi connectivity index (χ1v) is 6.48. The first-order valence-electron chi connectivity index (χ1n) is 6.48. The van der Waals surface area contributed by atoms with Gasteiger partial charge in [0.25, 0.3) is 0 Å². The molecular weight excluding hydrogens is 188 g/mol. The Labute approximate surface area is 93.0 Å². The molecule has 0 aromatic heterocycles. The van der Waals surface area contributed by atoms with Gasteiger partial charge >= 0.3 is 0 Å². The van der Waals surface area contributed by atoms with E-state index in [4.69, 9.17) is 4.74 Å². The van der Waals surface area contributed by atoms with Crippen molar-refractivity contribution in [2.45, 2.75) is 38.2 Å². The highest BCUT2D eigenvalue weighted by atomic mass is 16.5. The number of hydrogen-bond donors (Lipinski definition) is 2. The van der Waals surface area contributed by atoms with Gasteiger partial charge in [0, 0.05) is 6.61 Å². The number of hydrogen-bond acceptors (Lipinski definition) is 3. The summed E-state index contributed by atoms with van der Waals surface area (Å²) in [5.74, 6) is 0.917. The Hall–Kier alpha value is -0.120. The van der Waals surface area contributed by atoms with Crippen molar-refractivity contribution in [2.24, 2.45) is 5.92 Å². The highest BCUT2D eigenvalue weighted by molar-refractivity contribution is 4.72. The summed E-state index contributed by atoms with van der Waals surface area (Å²) in [6.07, 6.45) is 6.98. The standard InChI is InChI=1S/C12H24N2O/c1-2-12(15-9-1)5-8-13-6-3-11-4-7-14-10-11/h11-14H,1-10H2. The highest BCUT2D eigenvalue weighted by Crippen LogP contribution is 2.14. The Balaban J connectivity index is 1.41. The van der Waals surface area contributed by atoms with E-state index in [2.05, 4.69) is 10.6 Å². The van der Waals surface area contributed by atoms with Crippen LogP contribution in [0, 0.1) is 5.92 Å². The zero-order valence-corrected chi connectivity index (χ0v) is 9.63. The molecular formula is C12H24N2O. The zero-order chi connectivity index (χ0) is 10.3. The van der Waals surface area contributed by atoms with E-state index >= 15 is 0 Å². The van der Waals surface area contributed by atoms with Gasteiger partial charge in [-0.05, 0) is 64.2 Å². The van der Waals surface area contributed by atoms with Crippen LogP contribution in [0.1, 0.15) is 32.1 Å². The molecule has 88 valence electrons. The predicted octanol–water partition coefficient (Wildman–Crippen LogP) is 1.14. The predicted molar refractivity (Wildman–Crippen MR) is 62.1 cm³/mol. The molecule has 2 aliphatic rings. The van der Waals surface area contributed by atoms with E-state index < -0.39 is 0 Å². The Bertz CT molecular complexity index is 145. The summed E-state index contributed by atoms with van der Waals surface area (Å²) in [6.45, 7) is 5.75. The number of rotatable bonds is 6. The van der Waals surface area contributed by atoms with Gasteiger partial charge in [0.2, 0.25) is 0 Å². The molecule has 2 heterocycles. The van der Waals surface area contributed by atoms with Crippen LogP contribution in [0.2, 0.25) is 0 Å². The van der Waals surface area contributed by atoms with E-state index in [1.807, 2.05) is 0 Å². The summed E-state index contributed by atoms with van der Waals surface area (Å²) >= 11 is 0. The first-order chi connectivity index (χ1) is 7.45. The first kappa shape index (κ1) is 11.4. The minimum Gasteiger partial charge on any atom is -0.378 e.